The molecule has 0 amide bonds. The summed E-state index contributed by atoms with van der Waals surface area (Å²) in [5.74, 6) is 0. The molecular weight excluding hydrogens is 297 g/mol. The highest BCUT2D eigenvalue weighted by Gasteiger charge is 2.07. The third kappa shape index (κ3) is 2.40. The number of nitrogens with zero attached hydrogens (tertiary/aromatic N) is 3. The van der Waals surface area contributed by atoms with Gasteiger partial charge in [-0.15, -0.1) is 0 Å². The van der Waals surface area contributed by atoms with Gasteiger partial charge in [0.25, 0.3) is 0 Å². The lowest BCUT2D eigenvalue weighted by atomic mass is 10.2. The molecule has 20 heavy (non-hydrogen) atoms. The van der Waals surface area contributed by atoms with E-state index < -0.39 is 0 Å². The lowest BCUT2D eigenvalue weighted by Crippen LogP contribution is -2.13. The van der Waals surface area contributed by atoms with Crippen molar-refractivity contribution >= 4 is 34.1 Å². The van der Waals surface area contributed by atoms with Crippen molar-refractivity contribution in [3.8, 4) is 0 Å². The minimum Gasteiger partial charge on any atom is -0.287 e. The minimum absolute atomic E-state index is 0.0998. The number of para-hydroxylation sites is 1. The van der Waals surface area contributed by atoms with E-state index in [1.165, 1.54) is 6.20 Å². The Hall–Kier alpha value is -1.91. The van der Waals surface area contributed by atoms with Crippen LogP contribution in [-0.2, 0) is 6.54 Å². The average Bonchev–Trinajstić information content (AvgIpc) is 2.45. The molecule has 3 aromatic rings. The molecule has 4 nitrogen and oxygen atoms in total. The molecule has 2 aromatic heterocycles. The van der Waals surface area contributed by atoms with Crippen LogP contribution < -0.4 is 5.43 Å². The van der Waals surface area contributed by atoms with Crippen LogP contribution in [0.15, 0.2) is 47.5 Å². The predicted octanol–water partition coefficient (Wildman–Crippen LogP) is 3.15. The topological polar surface area (TPSA) is 47.8 Å². The van der Waals surface area contributed by atoms with Gasteiger partial charge in [0.05, 0.1) is 23.3 Å². The molecular formula is C14H9Cl2N3O. The van der Waals surface area contributed by atoms with Crippen molar-refractivity contribution in [1.82, 2.24) is 14.8 Å². The molecule has 6 heteroatoms. The smallest absolute Gasteiger partial charge is 0.207 e. The molecule has 0 atom stereocenters. The second kappa shape index (κ2) is 5.23. The van der Waals surface area contributed by atoms with Gasteiger partial charge in [-0.05, 0) is 18.2 Å². The second-order valence-corrected chi connectivity index (χ2v) is 5.08. The molecule has 100 valence electrons. The van der Waals surface area contributed by atoms with Gasteiger partial charge in [-0.3, -0.25) is 9.48 Å². The maximum atomic E-state index is 11.8. The van der Waals surface area contributed by atoms with Crippen LogP contribution in [0.5, 0.6) is 0 Å². The first-order chi connectivity index (χ1) is 9.65. The molecule has 0 saturated carbocycles. The third-order valence-electron chi connectivity index (χ3n) is 2.98. The predicted molar refractivity (Wildman–Crippen MR) is 79.4 cm³/mol. The Bertz CT molecular complexity index is 845. The first-order valence-corrected chi connectivity index (χ1v) is 6.65. The second-order valence-electron chi connectivity index (χ2n) is 4.28. The van der Waals surface area contributed by atoms with Crippen LogP contribution >= 0.6 is 23.2 Å². The summed E-state index contributed by atoms with van der Waals surface area (Å²) in [6.45, 7) is 0.420. The van der Waals surface area contributed by atoms with Crippen LogP contribution in [0, 0.1) is 0 Å². The fourth-order valence-corrected chi connectivity index (χ4v) is 2.43. The molecule has 3 rings (SSSR count). The first kappa shape index (κ1) is 13.1. The minimum atomic E-state index is -0.0998. The summed E-state index contributed by atoms with van der Waals surface area (Å²) in [5.41, 5.74) is 1.44. The van der Waals surface area contributed by atoms with E-state index in [2.05, 4.69) is 10.1 Å². The Morgan fingerprint density at radius 3 is 2.75 bits per heavy atom. The number of hydrogen-bond donors (Lipinski definition) is 0. The van der Waals surface area contributed by atoms with Crippen LogP contribution in [0.2, 0.25) is 10.2 Å². The van der Waals surface area contributed by atoms with Gasteiger partial charge in [0.1, 0.15) is 5.15 Å². The Balaban J connectivity index is 2.11. The highest BCUT2D eigenvalue weighted by Crippen LogP contribution is 2.20. The van der Waals surface area contributed by atoms with E-state index in [9.17, 15) is 4.79 Å². The molecule has 0 aliphatic rings. The lowest BCUT2D eigenvalue weighted by Gasteiger charge is -2.10. The number of halogens is 2. The zero-order chi connectivity index (χ0) is 14.1. The van der Waals surface area contributed by atoms with Gasteiger partial charge in [0.15, 0.2) is 0 Å². The monoisotopic (exact) mass is 305 g/mol. The van der Waals surface area contributed by atoms with E-state index in [-0.39, 0.29) is 5.43 Å². The van der Waals surface area contributed by atoms with Gasteiger partial charge >= 0.3 is 0 Å². The van der Waals surface area contributed by atoms with Gasteiger partial charge in [-0.1, -0.05) is 35.3 Å². The van der Waals surface area contributed by atoms with Gasteiger partial charge < -0.3 is 0 Å². The number of benzene rings is 1. The van der Waals surface area contributed by atoms with Crippen molar-refractivity contribution in [1.29, 1.82) is 0 Å². The van der Waals surface area contributed by atoms with Crippen molar-refractivity contribution < 1.29 is 0 Å². The van der Waals surface area contributed by atoms with Gasteiger partial charge in [-0.2, -0.15) is 5.10 Å². The zero-order valence-electron chi connectivity index (χ0n) is 10.3. The van der Waals surface area contributed by atoms with Crippen molar-refractivity contribution in [3.05, 3.63) is 68.7 Å². The molecule has 0 N–H and O–H groups in total. The summed E-state index contributed by atoms with van der Waals surface area (Å²) < 4.78 is 1.72. The SMILES string of the molecule is O=c1cnn(Cc2cnc(Cl)cc2Cl)c2ccccc12. The highest BCUT2D eigenvalue weighted by molar-refractivity contribution is 6.34. The molecule has 0 bridgehead atoms. The van der Waals surface area contributed by atoms with Crippen molar-refractivity contribution in [2.24, 2.45) is 0 Å². The fourth-order valence-electron chi connectivity index (χ4n) is 2.00. The molecule has 0 radical (unpaired) electrons. The van der Waals surface area contributed by atoms with Crippen molar-refractivity contribution in [2.75, 3.05) is 0 Å². The molecule has 0 unspecified atom stereocenters. The number of hydrogen-bond acceptors (Lipinski definition) is 3. The van der Waals surface area contributed by atoms with E-state index >= 15 is 0 Å². The largest absolute Gasteiger partial charge is 0.287 e. The number of rotatable bonds is 2. The number of fused-ring (bicyclic) bond motifs is 1. The summed E-state index contributed by atoms with van der Waals surface area (Å²) in [6, 6.07) is 8.90. The van der Waals surface area contributed by atoms with E-state index in [0.29, 0.717) is 22.1 Å². The number of pyridine rings is 1. The maximum absolute atomic E-state index is 11.8. The third-order valence-corrected chi connectivity index (χ3v) is 3.54. The van der Waals surface area contributed by atoms with Crippen LogP contribution in [0.25, 0.3) is 10.9 Å². The quantitative estimate of drug-likeness (QED) is 0.683. The van der Waals surface area contributed by atoms with E-state index in [0.717, 1.165) is 11.1 Å². The van der Waals surface area contributed by atoms with E-state index in [1.807, 2.05) is 18.2 Å². The standard InChI is InChI=1S/C14H9Cl2N3O/c15-11-5-14(16)17-6-9(11)8-19-12-4-2-1-3-10(12)13(20)7-18-19/h1-7H,8H2. The van der Waals surface area contributed by atoms with Crippen molar-refractivity contribution in [3.63, 3.8) is 0 Å². The van der Waals surface area contributed by atoms with Crippen LogP contribution in [0.1, 0.15) is 5.56 Å². The zero-order valence-corrected chi connectivity index (χ0v) is 11.8. The summed E-state index contributed by atoms with van der Waals surface area (Å²) >= 11 is 11.9. The summed E-state index contributed by atoms with van der Waals surface area (Å²) in [4.78, 5) is 15.8. The molecule has 0 saturated heterocycles. The Morgan fingerprint density at radius 1 is 1.15 bits per heavy atom. The van der Waals surface area contributed by atoms with Crippen LogP contribution in [0.3, 0.4) is 0 Å². The average molecular weight is 306 g/mol. The van der Waals surface area contributed by atoms with Crippen LogP contribution in [-0.4, -0.2) is 14.8 Å². The fraction of sp³-hybridized carbons (Fsp3) is 0.0714. The normalized spacial score (nSPS) is 10.9. The molecule has 0 spiro atoms. The summed E-state index contributed by atoms with van der Waals surface area (Å²) in [7, 11) is 0. The summed E-state index contributed by atoms with van der Waals surface area (Å²) in [6.07, 6.45) is 2.92. The molecule has 2 heterocycles. The number of aromatic nitrogens is 3. The Morgan fingerprint density at radius 2 is 1.95 bits per heavy atom. The molecule has 0 aliphatic carbocycles. The molecule has 1 aromatic carbocycles. The summed E-state index contributed by atoms with van der Waals surface area (Å²) in [5, 5.41) is 5.64. The molecule has 0 aliphatic heterocycles. The first-order valence-electron chi connectivity index (χ1n) is 5.90. The lowest BCUT2D eigenvalue weighted by molar-refractivity contribution is 0.693. The molecule has 0 fully saturated rings. The maximum Gasteiger partial charge on any atom is 0.207 e. The Labute approximate surface area is 124 Å². The van der Waals surface area contributed by atoms with E-state index in [4.69, 9.17) is 23.2 Å². The van der Waals surface area contributed by atoms with Crippen molar-refractivity contribution in [2.45, 2.75) is 6.54 Å². The Kier molecular flexibility index (Phi) is 3.42. The van der Waals surface area contributed by atoms with E-state index in [1.54, 1.807) is 23.0 Å². The van der Waals surface area contributed by atoms with Gasteiger partial charge in [0, 0.05) is 17.1 Å². The van der Waals surface area contributed by atoms with Gasteiger partial charge in [-0.25, -0.2) is 4.98 Å². The van der Waals surface area contributed by atoms with Crippen LogP contribution in [0.4, 0.5) is 0 Å². The van der Waals surface area contributed by atoms with Gasteiger partial charge in [0.2, 0.25) is 5.43 Å². The highest BCUT2D eigenvalue weighted by atomic mass is 35.5.